The molecule has 0 amide bonds. The second-order valence-electron chi connectivity index (χ2n) is 7.05. The summed E-state index contributed by atoms with van der Waals surface area (Å²) >= 11 is 5.95. The van der Waals surface area contributed by atoms with E-state index in [1.165, 1.54) is 0 Å². The van der Waals surface area contributed by atoms with Gasteiger partial charge in [-0.25, -0.2) is 0 Å². The van der Waals surface area contributed by atoms with Gasteiger partial charge in [0.15, 0.2) is 0 Å². The first kappa shape index (κ1) is 19.1. The molecule has 0 bridgehead atoms. The molecular weight excluding hydrogens is 378 g/mol. The highest BCUT2D eigenvalue weighted by molar-refractivity contribution is 6.30. The summed E-state index contributed by atoms with van der Waals surface area (Å²) in [7, 11) is 0. The number of rotatable bonds is 7. The molecule has 1 atom stereocenters. The predicted molar refractivity (Wildman–Crippen MR) is 106 cm³/mol. The molecule has 1 aliphatic heterocycles. The number of hydrogen-bond donors (Lipinski definition) is 1. The summed E-state index contributed by atoms with van der Waals surface area (Å²) in [6, 6.07) is 17.5. The lowest BCUT2D eigenvalue weighted by Crippen LogP contribution is -2.51. The van der Waals surface area contributed by atoms with Crippen molar-refractivity contribution in [3.63, 3.8) is 0 Å². The zero-order valence-corrected chi connectivity index (χ0v) is 16.2. The number of benzene rings is 2. The van der Waals surface area contributed by atoms with Crippen LogP contribution in [0.1, 0.15) is 17.9 Å². The van der Waals surface area contributed by atoms with Crippen LogP contribution in [0.25, 0.3) is 11.4 Å². The van der Waals surface area contributed by atoms with E-state index in [0.29, 0.717) is 43.0 Å². The highest BCUT2D eigenvalue weighted by atomic mass is 35.5. The molecule has 1 fully saturated rings. The number of aliphatic hydroxyl groups is 1. The molecule has 0 unspecified atom stereocenters. The average Bonchev–Trinajstić information content (AvgIpc) is 3.39. The Morgan fingerprint density at radius 2 is 1.86 bits per heavy atom. The van der Waals surface area contributed by atoms with Crippen LogP contribution in [0.3, 0.4) is 0 Å². The minimum absolute atomic E-state index is 0.0119. The number of hydrogen-bond acceptors (Lipinski definition) is 6. The Morgan fingerprint density at radius 3 is 2.54 bits per heavy atom. The van der Waals surface area contributed by atoms with Crippen molar-refractivity contribution in [1.29, 1.82) is 0 Å². The topological polar surface area (TPSA) is 71.6 Å². The minimum atomic E-state index is -0.454. The molecule has 3 aromatic rings. The van der Waals surface area contributed by atoms with Crippen molar-refractivity contribution in [2.75, 3.05) is 19.8 Å². The van der Waals surface area contributed by atoms with E-state index >= 15 is 0 Å². The summed E-state index contributed by atoms with van der Waals surface area (Å²) in [6.07, 6.45) is 0.758. The van der Waals surface area contributed by atoms with Gasteiger partial charge in [0.1, 0.15) is 0 Å². The lowest BCUT2D eigenvalue weighted by Gasteiger charge is -2.38. The molecule has 0 spiro atoms. The highest BCUT2D eigenvalue weighted by Gasteiger charge is 2.41. The normalized spacial score (nSPS) is 19.4. The lowest BCUT2D eigenvalue weighted by molar-refractivity contribution is 0.00184. The van der Waals surface area contributed by atoms with Gasteiger partial charge in [0.05, 0.1) is 25.3 Å². The van der Waals surface area contributed by atoms with Crippen LogP contribution in [0.4, 0.5) is 0 Å². The van der Waals surface area contributed by atoms with Gasteiger partial charge in [-0.3, -0.25) is 4.90 Å². The molecule has 0 radical (unpaired) electrons. The first-order valence-electron chi connectivity index (χ1n) is 9.25. The van der Waals surface area contributed by atoms with Crippen LogP contribution in [0.15, 0.2) is 59.1 Å². The largest absolute Gasteiger partial charge is 0.394 e. The zero-order valence-electron chi connectivity index (χ0n) is 15.4. The monoisotopic (exact) mass is 399 g/mol. The molecule has 1 saturated heterocycles. The molecule has 28 heavy (non-hydrogen) atoms. The SMILES string of the molecule is OC[C@]1(N(Cc2ccccc2)Cc2nc(-c3ccc(Cl)cc3)no2)CCOC1. The molecule has 0 aliphatic carbocycles. The molecule has 2 heterocycles. The van der Waals surface area contributed by atoms with E-state index in [1.54, 1.807) is 12.1 Å². The van der Waals surface area contributed by atoms with Gasteiger partial charge in [0.2, 0.25) is 11.7 Å². The van der Waals surface area contributed by atoms with Crippen molar-refractivity contribution in [2.24, 2.45) is 0 Å². The summed E-state index contributed by atoms with van der Waals surface area (Å²) in [5.41, 5.74) is 1.54. The Hall–Kier alpha value is -2.25. The van der Waals surface area contributed by atoms with Crippen molar-refractivity contribution in [2.45, 2.75) is 25.0 Å². The van der Waals surface area contributed by atoms with E-state index in [2.05, 4.69) is 27.2 Å². The summed E-state index contributed by atoms with van der Waals surface area (Å²) in [6.45, 7) is 2.21. The standard InChI is InChI=1S/C21H22ClN3O3/c22-18-8-6-17(7-9-18)20-23-19(28-24-20)13-25(12-16-4-2-1-3-5-16)21(14-26)10-11-27-15-21/h1-9,26H,10-15H2/t21-/m1/s1. The van der Waals surface area contributed by atoms with Gasteiger partial charge in [-0.15, -0.1) is 0 Å². The molecule has 1 aromatic heterocycles. The molecule has 2 aromatic carbocycles. The third kappa shape index (κ3) is 4.10. The maximum absolute atomic E-state index is 10.2. The first-order chi connectivity index (χ1) is 13.7. The van der Waals surface area contributed by atoms with Crippen LogP contribution in [0, 0.1) is 0 Å². The molecule has 6 nitrogen and oxygen atoms in total. The highest BCUT2D eigenvalue weighted by Crippen LogP contribution is 2.29. The molecular formula is C21H22ClN3O3. The smallest absolute Gasteiger partial charge is 0.241 e. The Balaban J connectivity index is 1.58. The third-order valence-corrected chi connectivity index (χ3v) is 5.41. The quantitative estimate of drug-likeness (QED) is 0.655. The second kappa shape index (κ2) is 8.41. The number of aliphatic hydroxyl groups excluding tert-OH is 1. The molecule has 0 saturated carbocycles. The van der Waals surface area contributed by atoms with Crippen LogP contribution in [-0.4, -0.2) is 45.5 Å². The van der Waals surface area contributed by atoms with E-state index in [9.17, 15) is 5.11 Å². The fraction of sp³-hybridized carbons (Fsp3) is 0.333. The number of nitrogens with zero attached hydrogens (tertiary/aromatic N) is 3. The lowest BCUT2D eigenvalue weighted by atomic mass is 9.96. The average molecular weight is 400 g/mol. The zero-order chi connectivity index (χ0) is 19.4. The van der Waals surface area contributed by atoms with Gasteiger partial charge in [-0.05, 0) is 36.2 Å². The van der Waals surface area contributed by atoms with E-state index in [-0.39, 0.29) is 6.61 Å². The molecule has 7 heteroatoms. The van der Waals surface area contributed by atoms with Gasteiger partial charge < -0.3 is 14.4 Å². The second-order valence-corrected chi connectivity index (χ2v) is 7.48. The number of halogens is 1. The third-order valence-electron chi connectivity index (χ3n) is 5.16. The number of aromatic nitrogens is 2. The van der Waals surface area contributed by atoms with E-state index in [4.69, 9.17) is 20.9 Å². The van der Waals surface area contributed by atoms with Gasteiger partial charge >= 0.3 is 0 Å². The maximum atomic E-state index is 10.2. The molecule has 1 aliphatic rings. The Labute approximate surface area is 168 Å². The van der Waals surface area contributed by atoms with E-state index in [1.807, 2.05) is 30.3 Å². The van der Waals surface area contributed by atoms with Gasteiger partial charge in [-0.1, -0.05) is 47.1 Å². The van der Waals surface area contributed by atoms with Crippen LogP contribution in [0.5, 0.6) is 0 Å². The van der Waals surface area contributed by atoms with Crippen LogP contribution in [0.2, 0.25) is 5.02 Å². The van der Waals surface area contributed by atoms with Crippen LogP contribution in [-0.2, 0) is 17.8 Å². The van der Waals surface area contributed by atoms with E-state index in [0.717, 1.165) is 17.5 Å². The summed E-state index contributed by atoms with van der Waals surface area (Å²) in [5.74, 6) is 1.02. The van der Waals surface area contributed by atoms with Crippen LogP contribution < -0.4 is 0 Å². The van der Waals surface area contributed by atoms with Crippen molar-refractivity contribution in [3.8, 4) is 11.4 Å². The van der Waals surface area contributed by atoms with Crippen molar-refractivity contribution in [1.82, 2.24) is 15.0 Å². The Kier molecular flexibility index (Phi) is 5.73. The summed E-state index contributed by atoms with van der Waals surface area (Å²) < 4.78 is 11.1. The van der Waals surface area contributed by atoms with Crippen LogP contribution >= 0.6 is 11.6 Å². The fourth-order valence-electron chi connectivity index (χ4n) is 3.46. The van der Waals surface area contributed by atoms with Gasteiger partial charge in [0.25, 0.3) is 0 Å². The summed E-state index contributed by atoms with van der Waals surface area (Å²) in [5, 5.41) is 14.9. The van der Waals surface area contributed by atoms with Crippen molar-refractivity contribution >= 4 is 11.6 Å². The first-order valence-corrected chi connectivity index (χ1v) is 9.62. The van der Waals surface area contributed by atoms with Gasteiger partial charge in [0, 0.05) is 23.7 Å². The Morgan fingerprint density at radius 1 is 1.07 bits per heavy atom. The Bertz CT molecular complexity index is 893. The molecule has 1 N–H and O–H groups in total. The molecule has 146 valence electrons. The van der Waals surface area contributed by atoms with Crippen molar-refractivity contribution < 1.29 is 14.4 Å². The number of ether oxygens (including phenoxy) is 1. The predicted octanol–water partition coefficient (Wildman–Crippen LogP) is 3.54. The van der Waals surface area contributed by atoms with E-state index < -0.39 is 5.54 Å². The van der Waals surface area contributed by atoms with Crippen molar-refractivity contribution in [3.05, 3.63) is 71.1 Å². The minimum Gasteiger partial charge on any atom is -0.394 e. The fourth-order valence-corrected chi connectivity index (χ4v) is 3.59. The summed E-state index contributed by atoms with van der Waals surface area (Å²) in [4.78, 5) is 6.72. The molecule has 4 rings (SSSR count). The maximum Gasteiger partial charge on any atom is 0.241 e. The van der Waals surface area contributed by atoms with Gasteiger partial charge in [-0.2, -0.15) is 4.98 Å².